The van der Waals surface area contributed by atoms with E-state index in [9.17, 15) is 0 Å². The molecule has 2 fully saturated rings. The van der Waals surface area contributed by atoms with E-state index in [1.807, 2.05) is 6.20 Å². The summed E-state index contributed by atoms with van der Waals surface area (Å²) in [4.78, 5) is 9.75. The van der Waals surface area contributed by atoms with Crippen molar-refractivity contribution >= 4 is 21.7 Å². The van der Waals surface area contributed by atoms with Gasteiger partial charge in [0.2, 0.25) is 0 Å². The zero-order valence-corrected chi connectivity index (χ0v) is 13.2. The number of hydrogen-bond acceptors (Lipinski definition) is 3. The lowest BCUT2D eigenvalue weighted by Crippen LogP contribution is -2.41. The van der Waals surface area contributed by atoms with Crippen LogP contribution in [-0.2, 0) is 0 Å². The molecule has 3 rings (SSSR count). The van der Waals surface area contributed by atoms with Gasteiger partial charge in [0.15, 0.2) is 0 Å². The van der Waals surface area contributed by atoms with Crippen LogP contribution < -0.4 is 4.90 Å². The fraction of sp³-hybridized carbons (Fsp3) is 0.667. The molecule has 0 aliphatic carbocycles. The maximum Gasteiger partial charge on any atom is 0.131 e. The number of rotatable bonds is 2. The summed E-state index contributed by atoms with van der Waals surface area (Å²) in [7, 11) is 0. The Morgan fingerprint density at radius 1 is 1.21 bits per heavy atom. The minimum absolute atomic E-state index is 0.741. The summed E-state index contributed by atoms with van der Waals surface area (Å²) in [6.45, 7) is 7.05. The largest absolute Gasteiger partial charge is 0.355 e. The van der Waals surface area contributed by atoms with Crippen LogP contribution in [0.15, 0.2) is 16.7 Å². The molecule has 1 unspecified atom stereocenters. The average molecular weight is 324 g/mol. The van der Waals surface area contributed by atoms with Crippen molar-refractivity contribution in [2.75, 3.05) is 31.1 Å². The summed E-state index contributed by atoms with van der Waals surface area (Å²) in [5.41, 5.74) is 1.27. The number of likely N-dealkylation sites (tertiary alicyclic amines) is 1. The minimum atomic E-state index is 0.741. The lowest BCUT2D eigenvalue weighted by Gasteiger charge is -2.32. The second-order valence-corrected chi connectivity index (χ2v) is 6.69. The highest BCUT2D eigenvalue weighted by Gasteiger charge is 2.29. The Morgan fingerprint density at radius 2 is 2.00 bits per heavy atom. The summed E-state index contributed by atoms with van der Waals surface area (Å²) in [5, 5.41) is 0. The lowest BCUT2D eigenvalue weighted by atomic mass is 10.1. The Hall–Kier alpha value is -0.610. The van der Waals surface area contributed by atoms with Crippen molar-refractivity contribution in [1.82, 2.24) is 9.88 Å². The molecular weight excluding hydrogens is 302 g/mol. The van der Waals surface area contributed by atoms with Crippen LogP contribution in [0.4, 0.5) is 5.82 Å². The maximum absolute atomic E-state index is 4.60. The SMILES string of the molecule is Cc1cc(Br)cnc1N1CCC(N2CCCCC2)C1. The monoisotopic (exact) mass is 323 g/mol. The molecule has 19 heavy (non-hydrogen) atoms. The Morgan fingerprint density at radius 3 is 2.74 bits per heavy atom. The second kappa shape index (κ2) is 5.80. The van der Waals surface area contributed by atoms with Crippen molar-refractivity contribution in [1.29, 1.82) is 0 Å². The fourth-order valence-corrected chi connectivity index (χ4v) is 3.83. The van der Waals surface area contributed by atoms with Gasteiger partial charge in [-0.2, -0.15) is 0 Å². The van der Waals surface area contributed by atoms with Gasteiger partial charge < -0.3 is 4.90 Å². The Bertz CT molecular complexity index is 443. The number of aryl methyl sites for hydroxylation is 1. The minimum Gasteiger partial charge on any atom is -0.355 e. The molecule has 104 valence electrons. The van der Waals surface area contributed by atoms with E-state index < -0.39 is 0 Å². The van der Waals surface area contributed by atoms with E-state index in [1.165, 1.54) is 50.2 Å². The smallest absolute Gasteiger partial charge is 0.131 e. The van der Waals surface area contributed by atoms with Gasteiger partial charge in [-0.05, 0) is 66.8 Å². The normalized spacial score (nSPS) is 24.9. The highest BCUT2D eigenvalue weighted by atomic mass is 79.9. The van der Waals surface area contributed by atoms with Crippen molar-refractivity contribution < 1.29 is 0 Å². The first-order valence-corrected chi connectivity index (χ1v) is 8.14. The molecule has 1 aromatic rings. The van der Waals surface area contributed by atoms with Gasteiger partial charge >= 0.3 is 0 Å². The van der Waals surface area contributed by atoms with Crippen LogP contribution in [0.25, 0.3) is 0 Å². The van der Waals surface area contributed by atoms with Gasteiger partial charge in [-0.15, -0.1) is 0 Å². The van der Waals surface area contributed by atoms with Gasteiger partial charge in [0.25, 0.3) is 0 Å². The first-order valence-electron chi connectivity index (χ1n) is 7.35. The first kappa shape index (κ1) is 13.4. The number of anilines is 1. The highest BCUT2D eigenvalue weighted by Crippen LogP contribution is 2.27. The molecular formula is C15H22BrN3. The van der Waals surface area contributed by atoms with E-state index in [0.29, 0.717) is 0 Å². The predicted octanol–water partition coefficient (Wildman–Crippen LogP) is 3.22. The molecule has 0 spiro atoms. The van der Waals surface area contributed by atoms with Crippen molar-refractivity contribution in [3.8, 4) is 0 Å². The second-order valence-electron chi connectivity index (χ2n) is 5.78. The van der Waals surface area contributed by atoms with Gasteiger partial charge in [0, 0.05) is 29.8 Å². The number of hydrogen-bond donors (Lipinski definition) is 0. The molecule has 1 aromatic heterocycles. The van der Waals surface area contributed by atoms with E-state index in [2.05, 4.69) is 43.7 Å². The van der Waals surface area contributed by atoms with Gasteiger partial charge in [-0.25, -0.2) is 4.98 Å². The van der Waals surface area contributed by atoms with E-state index in [1.54, 1.807) is 0 Å². The first-order chi connectivity index (χ1) is 9.24. The lowest BCUT2D eigenvalue weighted by molar-refractivity contribution is 0.175. The standard InChI is InChI=1S/C15H22BrN3/c1-12-9-13(16)10-17-15(12)19-8-5-14(11-19)18-6-3-2-4-7-18/h9-10,14H,2-8,11H2,1H3. The van der Waals surface area contributed by atoms with Crippen LogP contribution in [-0.4, -0.2) is 42.1 Å². The predicted molar refractivity (Wildman–Crippen MR) is 82.7 cm³/mol. The van der Waals surface area contributed by atoms with Crippen LogP contribution in [0.3, 0.4) is 0 Å². The highest BCUT2D eigenvalue weighted by molar-refractivity contribution is 9.10. The number of pyridine rings is 1. The van der Waals surface area contributed by atoms with Crippen LogP contribution in [0.2, 0.25) is 0 Å². The van der Waals surface area contributed by atoms with Crippen LogP contribution in [0, 0.1) is 6.92 Å². The molecule has 1 atom stereocenters. The fourth-order valence-electron chi connectivity index (χ4n) is 3.38. The molecule has 0 N–H and O–H groups in total. The number of piperidine rings is 1. The Balaban J connectivity index is 1.67. The van der Waals surface area contributed by atoms with Crippen LogP contribution >= 0.6 is 15.9 Å². The van der Waals surface area contributed by atoms with Crippen molar-refractivity contribution in [3.63, 3.8) is 0 Å². The van der Waals surface area contributed by atoms with Gasteiger partial charge in [-0.1, -0.05) is 6.42 Å². The molecule has 0 saturated carbocycles. The van der Waals surface area contributed by atoms with E-state index >= 15 is 0 Å². The molecule has 0 bridgehead atoms. The molecule has 0 radical (unpaired) electrons. The Kier molecular flexibility index (Phi) is 4.08. The number of nitrogens with zero attached hydrogens (tertiary/aromatic N) is 3. The zero-order valence-electron chi connectivity index (χ0n) is 11.6. The summed E-state index contributed by atoms with van der Waals surface area (Å²) in [6, 6.07) is 2.90. The molecule has 2 aliphatic heterocycles. The maximum atomic E-state index is 4.60. The van der Waals surface area contributed by atoms with Crippen molar-refractivity contribution in [2.24, 2.45) is 0 Å². The van der Waals surface area contributed by atoms with Gasteiger partial charge in [-0.3, -0.25) is 4.90 Å². The van der Waals surface area contributed by atoms with Gasteiger partial charge in [0.05, 0.1) is 0 Å². The van der Waals surface area contributed by atoms with Crippen molar-refractivity contribution in [3.05, 3.63) is 22.3 Å². The van der Waals surface area contributed by atoms with E-state index in [4.69, 9.17) is 0 Å². The van der Waals surface area contributed by atoms with Crippen LogP contribution in [0.1, 0.15) is 31.2 Å². The molecule has 3 heterocycles. The average Bonchev–Trinajstić information content (AvgIpc) is 2.89. The van der Waals surface area contributed by atoms with Gasteiger partial charge in [0.1, 0.15) is 5.82 Å². The molecule has 0 aromatic carbocycles. The third-order valence-electron chi connectivity index (χ3n) is 4.39. The number of aromatic nitrogens is 1. The van der Waals surface area contributed by atoms with Crippen LogP contribution in [0.5, 0.6) is 0 Å². The molecule has 3 nitrogen and oxygen atoms in total. The molecule has 0 amide bonds. The summed E-state index contributed by atoms with van der Waals surface area (Å²) in [5.74, 6) is 1.17. The van der Waals surface area contributed by atoms with E-state index in [-0.39, 0.29) is 0 Å². The molecule has 2 aliphatic rings. The molecule has 4 heteroatoms. The third-order valence-corrected chi connectivity index (χ3v) is 4.82. The summed E-state index contributed by atoms with van der Waals surface area (Å²) in [6.07, 6.45) is 7.38. The Labute approximate surface area is 124 Å². The number of halogens is 1. The van der Waals surface area contributed by atoms with E-state index in [0.717, 1.165) is 23.6 Å². The molecule has 2 saturated heterocycles. The summed E-state index contributed by atoms with van der Waals surface area (Å²) >= 11 is 3.49. The quantitative estimate of drug-likeness (QED) is 0.833. The van der Waals surface area contributed by atoms with Crippen molar-refractivity contribution in [2.45, 2.75) is 38.6 Å². The third kappa shape index (κ3) is 2.95. The topological polar surface area (TPSA) is 19.4 Å². The zero-order chi connectivity index (χ0) is 13.2. The summed E-state index contributed by atoms with van der Waals surface area (Å²) < 4.78 is 1.07.